The van der Waals surface area contributed by atoms with Crippen molar-refractivity contribution in [2.45, 2.75) is 22.9 Å². The highest BCUT2D eigenvalue weighted by Crippen LogP contribution is 2.30. The molecule has 0 bridgehead atoms. The summed E-state index contributed by atoms with van der Waals surface area (Å²) in [6.07, 6.45) is 4.24. The van der Waals surface area contributed by atoms with Crippen LogP contribution < -0.4 is 9.44 Å². The SMILES string of the molecule is O=C(CCSSc1ccccn1)NSNC(=O)CCSSc1ccccn1. The number of amides is 2. The van der Waals surface area contributed by atoms with Gasteiger partial charge in [-0.15, -0.1) is 0 Å². The summed E-state index contributed by atoms with van der Waals surface area (Å²) in [6.45, 7) is 0. The summed E-state index contributed by atoms with van der Waals surface area (Å²) in [6, 6.07) is 11.4. The van der Waals surface area contributed by atoms with Crippen LogP contribution in [-0.4, -0.2) is 33.3 Å². The fraction of sp³-hybridized carbons (Fsp3) is 0.250. The van der Waals surface area contributed by atoms with Gasteiger partial charge in [0.2, 0.25) is 11.8 Å². The zero-order valence-corrected chi connectivity index (χ0v) is 18.3. The van der Waals surface area contributed by atoms with Crippen molar-refractivity contribution in [3.05, 3.63) is 48.8 Å². The molecule has 0 radical (unpaired) electrons. The Hall–Kier alpha value is -1.01. The number of aromatic nitrogens is 2. The molecule has 2 amide bonds. The molecule has 0 aliphatic rings. The molecule has 0 aromatic carbocycles. The van der Waals surface area contributed by atoms with Crippen molar-refractivity contribution in [1.29, 1.82) is 0 Å². The number of nitrogens with one attached hydrogen (secondary N) is 2. The van der Waals surface area contributed by atoms with Gasteiger partial charge in [0.05, 0.1) is 12.1 Å². The number of carbonyl (C=O) groups excluding carboxylic acids is 2. The number of pyridine rings is 2. The number of hydrogen-bond donors (Lipinski definition) is 2. The van der Waals surface area contributed by atoms with Crippen LogP contribution >= 0.6 is 55.3 Å². The summed E-state index contributed by atoms with van der Waals surface area (Å²) >= 11 is 0.922. The monoisotopic (exact) mass is 458 g/mol. The molecule has 6 nitrogen and oxygen atoms in total. The Labute approximate surface area is 178 Å². The van der Waals surface area contributed by atoms with Crippen molar-refractivity contribution in [2.75, 3.05) is 11.5 Å². The van der Waals surface area contributed by atoms with E-state index in [1.54, 1.807) is 55.6 Å². The Balaban J connectivity index is 1.44. The highest BCUT2D eigenvalue weighted by molar-refractivity contribution is 8.77. The smallest absolute Gasteiger partial charge is 0.231 e. The van der Waals surface area contributed by atoms with Crippen LogP contribution in [0.5, 0.6) is 0 Å². The molecule has 0 fully saturated rings. The Morgan fingerprint density at radius 1 is 0.778 bits per heavy atom. The zero-order chi connectivity index (χ0) is 19.2. The van der Waals surface area contributed by atoms with Crippen LogP contribution in [0.2, 0.25) is 0 Å². The largest absolute Gasteiger partial charge is 0.282 e. The second kappa shape index (κ2) is 14.1. The van der Waals surface area contributed by atoms with E-state index in [2.05, 4.69) is 19.4 Å². The lowest BCUT2D eigenvalue weighted by molar-refractivity contribution is -0.118. The summed E-state index contributed by atoms with van der Waals surface area (Å²) in [4.78, 5) is 31.8. The van der Waals surface area contributed by atoms with Gasteiger partial charge in [-0.05, 0) is 45.9 Å². The Morgan fingerprint density at radius 3 is 1.67 bits per heavy atom. The summed E-state index contributed by atoms with van der Waals surface area (Å²) in [5.74, 6) is 1.11. The van der Waals surface area contributed by atoms with E-state index < -0.39 is 0 Å². The second-order valence-corrected chi connectivity index (χ2v) is 10.3. The van der Waals surface area contributed by atoms with Crippen LogP contribution in [0.1, 0.15) is 12.8 Å². The average Bonchev–Trinajstić information content (AvgIpc) is 2.70. The molecule has 0 aliphatic heterocycles. The standard InChI is InChI=1S/C16H18N4O2S5/c21-13(7-11-23-25-15-5-1-3-9-17-15)19-27-20-14(22)8-12-24-26-16-6-2-4-10-18-16/h1-6,9-10H,7-8,11-12H2,(H,19,21)(H,20,22). The maximum absolute atomic E-state index is 11.7. The number of nitrogens with zero attached hydrogens (tertiary/aromatic N) is 2. The van der Waals surface area contributed by atoms with Crippen LogP contribution in [0, 0.1) is 0 Å². The van der Waals surface area contributed by atoms with Crippen molar-refractivity contribution < 1.29 is 9.59 Å². The Morgan fingerprint density at radius 2 is 1.26 bits per heavy atom. The third kappa shape index (κ3) is 10.8. The fourth-order valence-electron chi connectivity index (χ4n) is 1.51. The summed E-state index contributed by atoms with van der Waals surface area (Å²) in [5.41, 5.74) is 0. The quantitative estimate of drug-likeness (QED) is 0.276. The molecule has 2 N–H and O–H groups in total. The molecule has 0 saturated carbocycles. The molecule has 11 heteroatoms. The molecule has 144 valence electrons. The van der Waals surface area contributed by atoms with Crippen molar-refractivity contribution in [3.63, 3.8) is 0 Å². The van der Waals surface area contributed by atoms with Gasteiger partial charge in [-0.1, -0.05) is 33.7 Å². The van der Waals surface area contributed by atoms with E-state index in [1.807, 2.05) is 36.4 Å². The van der Waals surface area contributed by atoms with Gasteiger partial charge in [-0.25, -0.2) is 9.97 Å². The lowest BCUT2D eigenvalue weighted by atomic mass is 10.5. The minimum Gasteiger partial charge on any atom is -0.282 e. The van der Waals surface area contributed by atoms with Crippen LogP contribution in [-0.2, 0) is 9.59 Å². The molecule has 0 atom stereocenters. The molecule has 2 rings (SSSR count). The predicted octanol–water partition coefficient (Wildman–Crippen LogP) is 4.23. The molecule has 0 unspecified atom stereocenters. The van der Waals surface area contributed by atoms with Crippen molar-refractivity contribution in [2.24, 2.45) is 0 Å². The third-order valence-electron chi connectivity index (χ3n) is 2.72. The number of hydrogen-bond acceptors (Lipinski definition) is 9. The van der Waals surface area contributed by atoms with E-state index in [0.29, 0.717) is 24.3 Å². The molecule has 0 aliphatic carbocycles. The van der Waals surface area contributed by atoms with Crippen molar-refractivity contribution in [1.82, 2.24) is 19.4 Å². The van der Waals surface area contributed by atoms with Gasteiger partial charge in [-0.3, -0.25) is 19.0 Å². The third-order valence-corrected chi connectivity index (χ3v) is 7.91. The molecule has 27 heavy (non-hydrogen) atoms. The Kier molecular flexibility index (Phi) is 11.6. The van der Waals surface area contributed by atoms with Gasteiger partial charge in [-0.2, -0.15) is 0 Å². The number of carbonyl (C=O) groups is 2. The van der Waals surface area contributed by atoms with Gasteiger partial charge >= 0.3 is 0 Å². The Bertz CT molecular complexity index is 634. The molecule has 2 aromatic heterocycles. The van der Waals surface area contributed by atoms with E-state index in [0.717, 1.165) is 22.2 Å². The first-order valence-corrected chi connectivity index (χ1v) is 13.3. The summed E-state index contributed by atoms with van der Waals surface area (Å²) < 4.78 is 5.23. The van der Waals surface area contributed by atoms with Crippen LogP contribution in [0.25, 0.3) is 0 Å². The van der Waals surface area contributed by atoms with E-state index in [4.69, 9.17) is 0 Å². The van der Waals surface area contributed by atoms with Gasteiger partial charge < -0.3 is 0 Å². The molecule has 2 aromatic rings. The van der Waals surface area contributed by atoms with Crippen molar-refractivity contribution in [3.8, 4) is 0 Å². The lowest BCUT2D eigenvalue weighted by Gasteiger charge is -2.05. The average molecular weight is 459 g/mol. The van der Waals surface area contributed by atoms with Crippen LogP contribution in [0.3, 0.4) is 0 Å². The van der Waals surface area contributed by atoms with E-state index in [-0.39, 0.29) is 11.8 Å². The van der Waals surface area contributed by atoms with Gasteiger partial charge in [0, 0.05) is 36.7 Å². The lowest BCUT2D eigenvalue weighted by Crippen LogP contribution is -2.25. The van der Waals surface area contributed by atoms with Gasteiger partial charge in [0.15, 0.2) is 0 Å². The predicted molar refractivity (Wildman–Crippen MR) is 118 cm³/mol. The molecular weight excluding hydrogens is 441 g/mol. The fourth-order valence-corrected chi connectivity index (χ4v) is 5.73. The summed E-state index contributed by atoms with van der Waals surface area (Å²) in [5, 5.41) is 1.84. The van der Waals surface area contributed by atoms with E-state index >= 15 is 0 Å². The van der Waals surface area contributed by atoms with Crippen LogP contribution in [0.15, 0.2) is 58.8 Å². The van der Waals surface area contributed by atoms with Crippen molar-refractivity contribution >= 4 is 67.1 Å². The highest BCUT2D eigenvalue weighted by atomic mass is 33.1. The molecule has 0 spiro atoms. The first kappa shape index (κ1) is 22.3. The van der Waals surface area contributed by atoms with Crippen LogP contribution in [0.4, 0.5) is 0 Å². The normalized spacial score (nSPS) is 10.4. The first-order valence-electron chi connectivity index (χ1n) is 7.88. The van der Waals surface area contributed by atoms with E-state index in [9.17, 15) is 9.59 Å². The number of rotatable bonds is 12. The van der Waals surface area contributed by atoms with E-state index in [1.165, 1.54) is 0 Å². The molecule has 0 saturated heterocycles. The maximum Gasteiger partial charge on any atom is 0.231 e. The maximum atomic E-state index is 11.7. The van der Waals surface area contributed by atoms with Gasteiger partial charge in [0.25, 0.3) is 0 Å². The summed E-state index contributed by atoms with van der Waals surface area (Å²) in [7, 11) is 6.23. The zero-order valence-electron chi connectivity index (χ0n) is 14.2. The highest BCUT2D eigenvalue weighted by Gasteiger charge is 2.06. The topological polar surface area (TPSA) is 84.0 Å². The molecular formula is C16H18N4O2S5. The first-order chi connectivity index (χ1) is 13.2. The second-order valence-electron chi connectivity index (χ2n) is 4.80. The molecule has 2 heterocycles. The van der Waals surface area contributed by atoms with Gasteiger partial charge in [0.1, 0.15) is 10.1 Å². The minimum atomic E-state index is -0.116. The minimum absolute atomic E-state index is 0.116.